The van der Waals surface area contributed by atoms with E-state index in [0.717, 1.165) is 13.1 Å². The van der Waals surface area contributed by atoms with Crippen LogP contribution in [0.5, 0.6) is 0 Å². The van der Waals surface area contributed by atoms with Gasteiger partial charge in [0, 0.05) is 38.1 Å². The molecule has 0 aromatic carbocycles. The van der Waals surface area contributed by atoms with Gasteiger partial charge in [-0.15, -0.1) is 11.3 Å². The monoisotopic (exact) mass is 442 g/mol. The zero-order chi connectivity index (χ0) is 18.5. The van der Waals surface area contributed by atoms with Crippen molar-refractivity contribution in [2.75, 3.05) is 44.6 Å². The van der Waals surface area contributed by atoms with Crippen LogP contribution in [0.4, 0.5) is 5.13 Å². The number of piperazine rings is 1. The SMILES string of the molecule is O=C(Nc1nc(CC(=O)N2CCN(CCO)CC2)cs1)c1ccc(Br)o1. The summed E-state index contributed by atoms with van der Waals surface area (Å²) in [5.74, 6) is -0.180. The summed E-state index contributed by atoms with van der Waals surface area (Å²) in [5, 5.41) is 13.8. The molecular weight excluding hydrogens is 424 g/mol. The Hall–Kier alpha value is -1.75. The van der Waals surface area contributed by atoms with E-state index in [-0.39, 0.29) is 30.6 Å². The molecule has 1 fully saturated rings. The van der Waals surface area contributed by atoms with Crippen molar-refractivity contribution in [2.24, 2.45) is 0 Å². The normalized spacial score (nSPS) is 15.2. The molecular formula is C16H19BrN4O4S. The molecule has 26 heavy (non-hydrogen) atoms. The first-order chi connectivity index (χ1) is 12.5. The molecule has 3 heterocycles. The van der Waals surface area contributed by atoms with Crippen LogP contribution in [0.3, 0.4) is 0 Å². The van der Waals surface area contributed by atoms with Crippen LogP contribution in [0.2, 0.25) is 0 Å². The molecule has 0 bridgehead atoms. The van der Waals surface area contributed by atoms with Crippen LogP contribution in [-0.4, -0.2) is 71.0 Å². The van der Waals surface area contributed by atoms with Crippen molar-refractivity contribution in [3.8, 4) is 0 Å². The van der Waals surface area contributed by atoms with Crippen LogP contribution in [0.1, 0.15) is 16.2 Å². The molecule has 1 aliphatic rings. The summed E-state index contributed by atoms with van der Waals surface area (Å²) in [7, 11) is 0. The fraction of sp³-hybridized carbons (Fsp3) is 0.438. The van der Waals surface area contributed by atoms with E-state index in [2.05, 4.69) is 31.1 Å². The maximum Gasteiger partial charge on any atom is 0.293 e. The molecule has 0 unspecified atom stereocenters. The second kappa shape index (κ2) is 8.76. The van der Waals surface area contributed by atoms with E-state index < -0.39 is 0 Å². The first-order valence-corrected chi connectivity index (χ1v) is 9.84. The fourth-order valence-electron chi connectivity index (χ4n) is 2.67. The highest BCUT2D eigenvalue weighted by atomic mass is 79.9. The Kier molecular flexibility index (Phi) is 6.41. The number of nitrogens with zero attached hydrogens (tertiary/aromatic N) is 3. The fourth-order valence-corrected chi connectivity index (χ4v) is 3.68. The molecule has 140 valence electrons. The number of thiazole rings is 1. The van der Waals surface area contributed by atoms with Gasteiger partial charge in [-0.05, 0) is 28.1 Å². The molecule has 0 atom stereocenters. The molecule has 0 saturated carbocycles. The largest absolute Gasteiger partial charge is 0.444 e. The Morgan fingerprint density at radius 2 is 2.08 bits per heavy atom. The molecule has 1 saturated heterocycles. The lowest BCUT2D eigenvalue weighted by molar-refractivity contribution is -0.132. The van der Waals surface area contributed by atoms with E-state index >= 15 is 0 Å². The van der Waals surface area contributed by atoms with Crippen molar-refractivity contribution in [2.45, 2.75) is 6.42 Å². The lowest BCUT2D eigenvalue weighted by atomic mass is 10.2. The molecule has 2 aromatic heterocycles. The summed E-state index contributed by atoms with van der Waals surface area (Å²) in [6, 6.07) is 3.20. The number of hydrogen-bond acceptors (Lipinski definition) is 7. The molecule has 0 spiro atoms. The number of aliphatic hydroxyl groups is 1. The summed E-state index contributed by atoms with van der Waals surface area (Å²) in [6.07, 6.45) is 0.207. The van der Waals surface area contributed by atoms with Gasteiger partial charge >= 0.3 is 0 Å². The summed E-state index contributed by atoms with van der Waals surface area (Å²) in [6.45, 7) is 3.62. The Bertz CT molecular complexity index is 770. The molecule has 0 radical (unpaired) electrons. The van der Waals surface area contributed by atoms with Crippen LogP contribution >= 0.6 is 27.3 Å². The quantitative estimate of drug-likeness (QED) is 0.701. The number of aliphatic hydroxyl groups excluding tert-OH is 1. The third-order valence-corrected chi connectivity index (χ3v) is 5.28. The van der Waals surface area contributed by atoms with Gasteiger partial charge in [0.15, 0.2) is 15.6 Å². The Balaban J connectivity index is 1.50. The van der Waals surface area contributed by atoms with Gasteiger partial charge < -0.3 is 14.4 Å². The van der Waals surface area contributed by atoms with Gasteiger partial charge in [0.1, 0.15) is 0 Å². The lowest BCUT2D eigenvalue weighted by Crippen LogP contribution is -2.49. The number of carbonyl (C=O) groups excluding carboxylic acids is 2. The summed E-state index contributed by atoms with van der Waals surface area (Å²) in [5.41, 5.74) is 0.633. The van der Waals surface area contributed by atoms with Crippen LogP contribution in [0.15, 0.2) is 26.6 Å². The van der Waals surface area contributed by atoms with Gasteiger partial charge in [-0.2, -0.15) is 0 Å². The third kappa shape index (κ3) is 4.91. The average molecular weight is 443 g/mol. The zero-order valence-electron chi connectivity index (χ0n) is 14.0. The van der Waals surface area contributed by atoms with Crippen LogP contribution in [0.25, 0.3) is 0 Å². The number of nitrogens with one attached hydrogen (secondary N) is 1. The lowest BCUT2D eigenvalue weighted by Gasteiger charge is -2.34. The van der Waals surface area contributed by atoms with Crippen molar-refractivity contribution in [1.82, 2.24) is 14.8 Å². The number of amides is 2. The van der Waals surface area contributed by atoms with E-state index in [1.165, 1.54) is 11.3 Å². The second-order valence-electron chi connectivity index (χ2n) is 5.82. The van der Waals surface area contributed by atoms with Crippen molar-refractivity contribution >= 4 is 44.2 Å². The Morgan fingerprint density at radius 3 is 2.73 bits per heavy atom. The molecule has 2 aromatic rings. The van der Waals surface area contributed by atoms with Gasteiger partial charge in [-0.1, -0.05) is 0 Å². The zero-order valence-corrected chi connectivity index (χ0v) is 16.4. The van der Waals surface area contributed by atoms with Gasteiger partial charge in [0.25, 0.3) is 5.91 Å². The number of aromatic nitrogens is 1. The smallest absolute Gasteiger partial charge is 0.293 e. The first kappa shape index (κ1) is 19.0. The summed E-state index contributed by atoms with van der Waals surface area (Å²) >= 11 is 4.42. The minimum atomic E-state index is -0.386. The molecule has 8 nitrogen and oxygen atoms in total. The van der Waals surface area contributed by atoms with Crippen LogP contribution < -0.4 is 5.32 Å². The topological polar surface area (TPSA) is 98.9 Å². The number of halogens is 1. The van der Waals surface area contributed by atoms with E-state index in [1.54, 1.807) is 17.5 Å². The summed E-state index contributed by atoms with van der Waals surface area (Å²) < 4.78 is 5.67. The number of β-amino-alcohol motifs (C(OH)–C–C–N with tert-alkyl or cyclic N) is 1. The average Bonchev–Trinajstić information content (AvgIpc) is 3.25. The van der Waals surface area contributed by atoms with Gasteiger partial charge in [0.05, 0.1) is 18.7 Å². The van der Waals surface area contributed by atoms with Crippen molar-refractivity contribution in [3.63, 3.8) is 0 Å². The molecule has 3 rings (SSSR count). The molecule has 10 heteroatoms. The predicted molar refractivity (Wildman–Crippen MR) is 100 cm³/mol. The van der Waals surface area contributed by atoms with Crippen molar-refractivity contribution in [1.29, 1.82) is 0 Å². The Labute approximate surface area is 162 Å². The highest BCUT2D eigenvalue weighted by Crippen LogP contribution is 2.19. The highest BCUT2D eigenvalue weighted by Gasteiger charge is 2.22. The van der Waals surface area contributed by atoms with Gasteiger partial charge in [-0.3, -0.25) is 19.8 Å². The number of anilines is 1. The third-order valence-electron chi connectivity index (χ3n) is 4.04. The molecule has 0 aliphatic carbocycles. The standard InChI is InChI=1S/C16H19BrN4O4S/c17-13-2-1-12(25-13)15(24)19-16-18-11(10-26-16)9-14(23)21-5-3-20(4-6-21)7-8-22/h1-2,10,22H,3-9H2,(H,18,19,24). The number of hydrogen-bond donors (Lipinski definition) is 2. The van der Waals surface area contributed by atoms with E-state index in [1.807, 2.05) is 4.90 Å². The number of rotatable bonds is 6. The maximum absolute atomic E-state index is 12.4. The van der Waals surface area contributed by atoms with Crippen molar-refractivity contribution in [3.05, 3.63) is 33.6 Å². The number of furan rings is 1. The predicted octanol–water partition coefficient (Wildman–Crippen LogP) is 1.43. The van der Waals surface area contributed by atoms with E-state index in [0.29, 0.717) is 35.1 Å². The van der Waals surface area contributed by atoms with E-state index in [4.69, 9.17) is 9.52 Å². The van der Waals surface area contributed by atoms with E-state index in [9.17, 15) is 9.59 Å². The minimum absolute atomic E-state index is 0.0202. The van der Waals surface area contributed by atoms with Crippen LogP contribution in [-0.2, 0) is 11.2 Å². The van der Waals surface area contributed by atoms with Crippen LogP contribution in [0, 0.1) is 0 Å². The number of carbonyl (C=O) groups is 2. The molecule has 1 aliphatic heterocycles. The second-order valence-corrected chi connectivity index (χ2v) is 7.46. The summed E-state index contributed by atoms with van der Waals surface area (Å²) in [4.78, 5) is 32.7. The first-order valence-electron chi connectivity index (χ1n) is 8.17. The van der Waals surface area contributed by atoms with Gasteiger partial charge in [0.2, 0.25) is 5.91 Å². The maximum atomic E-state index is 12.4. The molecule has 2 N–H and O–H groups in total. The van der Waals surface area contributed by atoms with Crippen molar-refractivity contribution < 1.29 is 19.1 Å². The Morgan fingerprint density at radius 1 is 1.31 bits per heavy atom. The highest BCUT2D eigenvalue weighted by molar-refractivity contribution is 9.10. The molecule has 2 amide bonds. The van der Waals surface area contributed by atoms with Gasteiger partial charge in [-0.25, -0.2) is 4.98 Å². The minimum Gasteiger partial charge on any atom is -0.444 e.